The van der Waals surface area contributed by atoms with E-state index in [9.17, 15) is 0 Å². The van der Waals surface area contributed by atoms with Crippen LogP contribution in [0.1, 0.15) is 31.2 Å². The number of hydrogen-bond acceptors (Lipinski definition) is 3. The van der Waals surface area contributed by atoms with Crippen LogP contribution in [0, 0.1) is 12.3 Å². The Bertz CT molecular complexity index is 449. The number of likely N-dealkylation sites (tertiary alicyclic amines) is 1. The first kappa shape index (κ1) is 14.9. The van der Waals surface area contributed by atoms with Gasteiger partial charge in [0.15, 0.2) is 0 Å². The third-order valence-electron chi connectivity index (χ3n) is 5.06. The van der Waals surface area contributed by atoms with Gasteiger partial charge in [0.1, 0.15) is 12.4 Å². The van der Waals surface area contributed by atoms with E-state index < -0.39 is 0 Å². The zero-order valence-electron chi connectivity index (χ0n) is 13.2. The largest absolute Gasteiger partial charge is 0.492 e. The quantitative estimate of drug-likeness (QED) is 0.922. The van der Waals surface area contributed by atoms with E-state index in [2.05, 4.69) is 35.3 Å². The Morgan fingerprint density at radius 1 is 1.24 bits per heavy atom. The molecule has 1 aromatic rings. The second kappa shape index (κ2) is 6.80. The number of nitrogens with one attached hydrogen (secondary N) is 1. The van der Waals surface area contributed by atoms with Gasteiger partial charge in [-0.3, -0.25) is 4.90 Å². The third kappa shape index (κ3) is 3.78. The molecule has 116 valence electrons. The molecule has 0 aliphatic carbocycles. The van der Waals surface area contributed by atoms with Crippen LogP contribution in [0.5, 0.6) is 5.75 Å². The highest BCUT2D eigenvalue weighted by atomic mass is 16.5. The van der Waals surface area contributed by atoms with Crippen molar-refractivity contribution in [2.45, 2.75) is 32.6 Å². The number of hydrogen-bond donors (Lipinski definition) is 1. The van der Waals surface area contributed by atoms with E-state index in [-0.39, 0.29) is 0 Å². The Kier molecular flexibility index (Phi) is 4.81. The lowest BCUT2D eigenvalue weighted by Crippen LogP contribution is -2.51. The number of ether oxygens (including phenoxy) is 1. The molecule has 3 rings (SSSR count). The second-order valence-electron chi connectivity index (χ2n) is 6.77. The van der Waals surface area contributed by atoms with Gasteiger partial charge >= 0.3 is 0 Å². The molecule has 1 aromatic carbocycles. The first-order chi connectivity index (χ1) is 10.3. The zero-order chi connectivity index (χ0) is 14.5. The fourth-order valence-corrected chi connectivity index (χ4v) is 3.88. The topological polar surface area (TPSA) is 24.5 Å². The lowest BCUT2D eigenvalue weighted by atomic mass is 9.74. The Hall–Kier alpha value is -1.06. The molecule has 0 amide bonds. The minimum Gasteiger partial charge on any atom is -0.492 e. The van der Waals surface area contributed by atoms with Crippen molar-refractivity contribution in [2.75, 3.05) is 39.3 Å². The molecule has 2 fully saturated rings. The number of para-hydroxylation sites is 1. The predicted molar refractivity (Wildman–Crippen MR) is 86.9 cm³/mol. The number of piperidine rings is 2. The van der Waals surface area contributed by atoms with E-state index in [1.54, 1.807) is 0 Å². The summed E-state index contributed by atoms with van der Waals surface area (Å²) in [6.07, 6.45) is 5.48. The summed E-state index contributed by atoms with van der Waals surface area (Å²) in [6, 6.07) is 8.29. The molecule has 0 bridgehead atoms. The lowest BCUT2D eigenvalue weighted by Gasteiger charge is -2.45. The van der Waals surface area contributed by atoms with Gasteiger partial charge in [0.25, 0.3) is 0 Å². The summed E-state index contributed by atoms with van der Waals surface area (Å²) in [5.41, 5.74) is 1.77. The Morgan fingerprint density at radius 3 is 2.90 bits per heavy atom. The fourth-order valence-electron chi connectivity index (χ4n) is 3.88. The minimum absolute atomic E-state index is 0.541. The van der Waals surface area contributed by atoms with Gasteiger partial charge in [-0.2, -0.15) is 0 Å². The fraction of sp³-hybridized carbons (Fsp3) is 0.667. The molecular weight excluding hydrogens is 260 g/mol. The second-order valence-corrected chi connectivity index (χ2v) is 6.77. The van der Waals surface area contributed by atoms with Crippen molar-refractivity contribution < 1.29 is 4.74 Å². The van der Waals surface area contributed by atoms with Crippen LogP contribution in [0.25, 0.3) is 0 Å². The maximum Gasteiger partial charge on any atom is 0.122 e. The smallest absolute Gasteiger partial charge is 0.122 e. The van der Waals surface area contributed by atoms with Crippen molar-refractivity contribution in [1.82, 2.24) is 10.2 Å². The minimum atomic E-state index is 0.541. The van der Waals surface area contributed by atoms with Gasteiger partial charge in [-0.05, 0) is 62.7 Å². The van der Waals surface area contributed by atoms with Crippen molar-refractivity contribution in [3.63, 3.8) is 0 Å². The average Bonchev–Trinajstić information content (AvgIpc) is 2.50. The van der Waals surface area contributed by atoms with E-state index in [0.29, 0.717) is 5.41 Å². The summed E-state index contributed by atoms with van der Waals surface area (Å²) in [5.74, 6) is 1.03. The molecule has 0 aromatic heterocycles. The first-order valence-corrected chi connectivity index (χ1v) is 8.39. The van der Waals surface area contributed by atoms with Crippen molar-refractivity contribution in [3.05, 3.63) is 29.8 Å². The van der Waals surface area contributed by atoms with E-state index in [4.69, 9.17) is 4.74 Å². The van der Waals surface area contributed by atoms with Crippen molar-refractivity contribution in [3.8, 4) is 5.75 Å². The molecular formula is C18H28N2O. The molecule has 2 saturated heterocycles. The van der Waals surface area contributed by atoms with E-state index in [0.717, 1.165) is 18.9 Å². The zero-order valence-corrected chi connectivity index (χ0v) is 13.2. The average molecular weight is 288 g/mol. The van der Waals surface area contributed by atoms with E-state index >= 15 is 0 Å². The van der Waals surface area contributed by atoms with Crippen LogP contribution < -0.4 is 10.1 Å². The van der Waals surface area contributed by atoms with Crippen LogP contribution in [0.15, 0.2) is 24.3 Å². The van der Waals surface area contributed by atoms with Crippen molar-refractivity contribution >= 4 is 0 Å². The summed E-state index contributed by atoms with van der Waals surface area (Å²) in [6.45, 7) is 8.86. The standard InChI is InChI=1S/C18H28N2O/c1-16-6-2-3-7-17(16)21-13-12-20-11-5-9-18(15-20)8-4-10-19-14-18/h2-3,6-7,19H,4-5,8-15H2,1H3. The molecule has 2 aliphatic heterocycles. The maximum atomic E-state index is 5.96. The van der Waals surface area contributed by atoms with Crippen LogP contribution in [0.2, 0.25) is 0 Å². The van der Waals surface area contributed by atoms with Crippen molar-refractivity contribution in [1.29, 1.82) is 0 Å². The van der Waals surface area contributed by atoms with Crippen LogP contribution >= 0.6 is 0 Å². The lowest BCUT2D eigenvalue weighted by molar-refractivity contribution is 0.0563. The summed E-state index contributed by atoms with van der Waals surface area (Å²) >= 11 is 0. The van der Waals surface area contributed by atoms with Gasteiger partial charge in [0.05, 0.1) is 0 Å². The first-order valence-electron chi connectivity index (χ1n) is 8.39. The molecule has 0 radical (unpaired) electrons. The Balaban J connectivity index is 1.48. The molecule has 3 nitrogen and oxygen atoms in total. The molecule has 21 heavy (non-hydrogen) atoms. The van der Waals surface area contributed by atoms with Crippen LogP contribution in [0.3, 0.4) is 0 Å². The Morgan fingerprint density at radius 2 is 2.10 bits per heavy atom. The maximum absolute atomic E-state index is 5.96. The highest BCUT2D eigenvalue weighted by molar-refractivity contribution is 5.31. The molecule has 1 unspecified atom stereocenters. The van der Waals surface area contributed by atoms with E-state index in [1.807, 2.05) is 6.07 Å². The Labute approximate surface area is 128 Å². The molecule has 1 atom stereocenters. The molecule has 2 heterocycles. The van der Waals surface area contributed by atoms with Crippen LogP contribution in [-0.2, 0) is 0 Å². The summed E-state index contributed by atoms with van der Waals surface area (Å²) < 4.78 is 5.96. The molecule has 2 aliphatic rings. The molecule has 1 N–H and O–H groups in total. The van der Waals surface area contributed by atoms with Gasteiger partial charge in [0, 0.05) is 19.6 Å². The van der Waals surface area contributed by atoms with Gasteiger partial charge in [-0.15, -0.1) is 0 Å². The number of benzene rings is 1. The highest BCUT2D eigenvalue weighted by Crippen LogP contribution is 2.35. The summed E-state index contributed by atoms with van der Waals surface area (Å²) in [7, 11) is 0. The molecule has 1 spiro atoms. The van der Waals surface area contributed by atoms with Gasteiger partial charge in [0.2, 0.25) is 0 Å². The molecule has 0 saturated carbocycles. The van der Waals surface area contributed by atoms with Crippen LogP contribution in [-0.4, -0.2) is 44.2 Å². The van der Waals surface area contributed by atoms with Crippen LogP contribution in [0.4, 0.5) is 0 Å². The van der Waals surface area contributed by atoms with Gasteiger partial charge in [-0.1, -0.05) is 18.2 Å². The number of aryl methyl sites for hydroxylation is 1. The SMILES string of the molecule is Cc1ccccc1OCCN1CCCC2(CCCNC2)C1. The van der Waals surface area contributed by atoms with Crippen molar-refractivity contribution in [2.24, 2.45) is 5.41 Å². The van der Waals surface area contributed by atoms with E-state index in [1.165, 1.54) is 57.4 Å². The summed E-state index contributed by atoms with van der Waals surface area (Å²) in [4.78, 5) is 2.61. The number of rotatable bonds is 4. The normalized spacial score (nSPS) is 26.9. The summed E-state index contributed by atoms with van der Waals surface area (Å²) in [5, 5.41) is 3.60. The van der Waals surface area contributed by atoms with Gasteiger partial charge < -0.3 is 10.1 Å². The predicted octanol–water partition coefficient (Wildman–Crippen LogP) is 2.84. The highest BCUT2D eigenvalue weighted by Gasteiger charge is 2.36. The van der Waals surface area contributed by atoms with Gasteiger partial charge in [-0.25, -0.2) is 0 Å². The molecule has 3 heteroatoms. The monoisotopic (exact) mass is 288 g/mol. The third-order valence-corrected chi connectivity index (χ3v) is 5.06. The number of nitrogens with zero attached hydrogens (tertiary/aromatic N) is 1.